The third-order valence-electron chi connectivity index (χ3n) is 3.81. The molecule has 0 bridgehead atoms. The van der Waals surface area contributed by atoms with Gasteiger partial charge in [-0.15, -0.1) is 0 Å². The molecule has 104 valence electrons. The van der Waals surface area contributed by atoms with E-state index in [1.54, 1.807) is 23.0 Å². The highest BCUT2D eigenvalue weighted by Crippen LogP contribution is 2.25. The van der Waals surface area contributed by atoms with E-state index < -0.39 is 0 Å². The molecule has 1 aromatic carbocycles. The van der Waals surface area contributed by atoms with Gasteiger partial charge in [-0.2, -0.15) is 5.10 Å². The minimum Gasteiger partial charge on any atom is -0.294 e. The first-order valence-corrected chi connectivity index (χ1v) is 6.89. The monoisotopic (exact) mass is 281 g/mol. The Hall–Kier alpha value is -2.56. The van der Waals surface area contributed by atoms with Crippen LogP contribution in [0.15, 0.2) is 36.5 Å². The Morgan fingerprint density at radius 2 is 1.95 bits per heavy atom. The smallest absolute Gasteiger partial charge is 0.164 e. The molecule has 21 heavy (non-hydrogen) atoms. The second kappa shape index (κ2) is 4.48. The molecule has 1 aliphatic carbocycles. The second-order valence-corrected chi connectivity index (χ2v) is 5.20. The molecule has 0 radical (unpaired) electrons. The van der Waals surface area contributed by atoms with E-state index in [0.717, 1.165) is 29.6 Å². The fourth-order valence-electron chi connectivity index (χ4n) is 2.75. The van der Waals surface area contributed by atoms with Gasteiger partial charge in [-0.25, -0.2) is 14.1 Å². The zero-order valence-electron chi connectivity index (χ0n) is 11.2. The molecule has 0 aliphatic heterocycles. The first kappa shape index (κ1) is 12.2. The predicted molar refractivity (Wildman–Crippen MR) is 76.1 cm³/mol. The molecule has 0 amide bonds. The SMILES string of the molecule is O=C1CCCc2nc3c(cnn3-c3ccc(F)cc3)cc21. The molecule has 0 spiro atoms. The summed E-state index contributed by atoms with van der Waals surface area (Å²) in [5.41, 5.74) is 3.01. The average Bonchev–Trinajstić information content (AvgIpc) is 2.90. The molecular weight excluding hydrogens is 269 g/mol. The minimum atomic E-state index is -0.286. The molecular formula is C16H12FN3O. The number of carbonyl (C=O) groups is 1. The lowest BCUT2D eigenvalue weighted by Crippen LogP contribution is -2.13. The van der Waals surface area contributed by atoms with Gasteiger partial charge in [0.1, 0.15) is 5.82 Å². The van der Waals surface area contributed by atoms with E-state index in [1.165, 1.54) is 12.1 Å². The largest absolute Gasteiger partial charge is 0.294 e. The van der Waals surface area contributed by atoms with Gasteiger partial charge in [0.25, 0.3) is 0 Å². The van der Waals surface area contributed by atoms with Crippen LogP contribution in [0.4, 0.5) is 4.39 Å². The highest BCUT2D eigenvalue weighted by Gasteiger charge is 2.20. The topological polar surface area (TPSA) is 47.8 Å². The molecule has 4 rings (SSSR count). The van der Waals surface area contributed by atoms with Crippen molar-refractivity contribution in [2.45, 2.75) is 19.3 Å². The lowest BCUT2D eigenvalue weighted by molar-refractivity contribution is 0.0972. The van der Waals surface area contributed by atoms with Gasteiger partial charge in [0.05, 0.1) is 17.6 Å². The summed E-state index contributed by atoms with van der Waals surface area (Å²) in [4.78, 5) is 16.5. The lowest BCUT2D eigenvalue weighted by Gasteiger charge is -2.13. The Balaban J connectivity index is 1.92. The van der Waals surface area contributed by atoms with E-state index in [4.69, 9.17) is 0 Å². The summed E-state index contributed by atoms with van der Waals surface area (Å²) >= 11 is 0. The van der Waals surface area contributed by atoms with Crippen LogP contribution in [0.3, 0.4) is 0 Å². The second-order valence-electron chi connectivity index (χ2n) is 5.20. The Labute approximate surface area is 120 Å². The molecule has 2 aromatic heterocycles. The summed E-state index contributed by atoms with van der Waals surface area (Å²) in [6, 6.07) is 7.98. The van der Waals surface area contributed by atoms with Crippen molar-refractivity contribution in [3.05, 3.63) is 53.6 Å². The van der Waals surface area contributed by atoms with Crippen LogP contribution in [0.25, 0.3) is 16.7 Å². The van der Waals surface area contributed by atoms with E-state index in [2.05, 4.69) is 10.1 Å². The number of rotatable bonds is 1. The summed E-state index contributed by atoms with van der Waals surface area (Å²) in [6.07, 6.45) is 3.93. The zero-order valence-corrected chi connectivity index (χ0v) is 11.2. The number of benzene rings is 1. The van der Waals surface area contributed by atoms with Gasteiger partial charge >= 0.3 is 0 Å². The molecule has 3 aromatic rings. The lowest BCUT2D eigenvalue weighted by atomic mass is 9.94. The number of halogens is 1. The van der Waals surface area contributed by atoms with Crippen LogP contribution in [-0.2, 0) is 6.42 Å². The molecule has 0 saturated carbocycles. The number of Topliss-reactive ketones (excluding diaryl/α,β-unsaturated/α-hetero) is 1. The van der Waals surface area contributed by atoms with Crippen molar-refractivity contribution >= 4 is 16.8 Å². The molecule has 0 atom stereocenters. The van der Waals surface area contributed by atoms with Crippen LogP contribution in [-0.4, -0.2) is 20.5 Å². The summed E-state index contributed by atoms with van der Waals surface area (Å²) < 4.78 is 14.7. The van der Waals surface area contributed by atoms with Crippen molar-refractivity contribution in [1.82, 2.24) is 14.8 Å². The predicted octanol–water partition coefficient (Wildman–Crippen LogP) is 3.08. The Kier molecular flexibility index (Phi) is 2.60. The third-order valence-corrected chi connectivity index (χ3v) is 3.81. The number of hydrogen-bond donors (Lipinski definition) is 0. The quantitative estimate of drug-likeness (QED) is 0.688. The number of nitrogens with zero attached hydrogens (tertiary/aromatic N) is 3. The van der Waals surface area contributed by atoms with Crippen LogP contribution >= 0.6 is 0 Å². The molecule has 0 unspecified atom stereocenters. The van der Waals surface area contributed by atoms with Crippen molar-refractivity contribution in [3.8, 4) is 5.69 Å². The molecule has 2 heterocycles. The maximum Gasteiger partial charge on any atom is 0.164 e. The number of aryl methyl sites for hydroxylation is 1. The van der Waals surface area contributed by atoms with Crippen LogP contribution in [0.5, 0.6) is 0 Å². The highest BCUT2D eigenvalue weighted by atomic mass is 19.1. The van der Waals surface area contributed by atoms with Crippen LogP contribution in [0, 0.1) is 5.82 Å². The van der Waals surface area contributed by atoms with Crippen molar-refractivity contribution < 1.29 is 9.18 Å². The van der Waals surface area contributed by atoms with Gasteiger partial charge in [0.2, 0.25) is 0 Å². The maximum absolute atomic E-state index is 13.0. The first-order chi connectivity index (χ1) is 10.2. The number of carbonyl (C=O) groups excluding carboxylic acids is 1. The van der Waals surface area contributed by atoms with Crippen molar-refractivity contribution in [2.24, 2.45) is 0 Å². The summed E-state index contributed by atoms with van der Waals surface area (Å²) in [5.74, 6) is -0.133. The molecule has 0 saturated heterocycles. The normalized spacial score (nSPS) is 14.4. The number of hydrogen-bond acceptors (Lipinski definition) is 3. The molecule has 1 aliphatic rings. The number of aromatic nitrogens is 3. The summed E-state index contributed by atoms with van der Waals surface area (Å²) in [7, 11) is 0. The van der Waals surface area contributed by atoms with E-state index in [9.17, 15) is 9.18 Å². The first-order valence-electron chi connectivity index (χ1n) is 6.89. The summed E-state index contributed by atoms with van der Waals surface area (Å²) in [5, 5.41) is 5.14. The van der Waals surface area contributed by atoms with Gasteiger partial charge in [-0.1, -0.05) is 0 Å². The maximum atomic E-state index is 13.0. The van der Waals surface area contributed by atoms with Gasteiger partial charge in [0, 0.05) is 17.4 Å². The zero-order chi connectivity index (χ0) is 14.4. The number of ketones is 1. The van der Waals surface area contributed by atoms with E-state index in [-0.39, 0.29) is 11.6 Å². The van der Waals surface area contributed by atoms with Gasteiger partial charge in [-0.05, 0) is 43.2 Å². The van der Waals surface area contributed by atoms with Crippen molar-refractivity contribution in [1.29, 1.82) is 0 Å². The Morgan fingerprint density at radius 3 is 2.76 bits per heavy atom. The van der Waals surface area contributed by atoms with E-state index >= 15 is 0 Å². The fourth-order valence-corrected chi connectivity index (χ4v) is 2.75. The van der Waals surface area contributed by atoms with E-state index in [1.807, 2.05) is 6.07 Å². The highest BCUT2D eigenvalue weighted by molar-refractivity contribution is 6.00. The van der Waals surface area contributed by atoms with Crippen molar-refractivity contribution in [3.63, 3.8) is 0 Å². The minimum absolute atomic E-state index is 0.153. The van der Waals surface area contributed by atoms with Crippen LogP contribution < -0.4 is 0 Å². The standard InChI is InChI=1S/C16H12FN3O/c17-11-4-6-12(7-5-11)20-16-10(9-18-20)8-13-14(19-16)2-1-3-15(13)21/h4-9H,1-3H2. The number of fused-ring (bicyclic) bond motifs is 2. The Morgan fingerprint density at radius 1 is 1.14 bits per heavy atom. The van der Waals surface area contributed by atoms with E-state index in [0.29, 0.717) is 17.6 Å². The molecule has 0 fully saturated rings. The van der Waals surface area contributed by atoms with Gasteiger partial charge < -0.3 is 0 Å². The summed E-state index contributed by atoms with van der Waals surface area (Å²) in [6.45, 7) is 0. The third kappa shape index (κ3) is 1.93. The van der Waals surface area contributed by atoms with Crippen LogP contribution in [0.2, 0.25) is 0 Å². The van der Waals surface area contributed by atoms with Gasteiger partial charge in [-0.3, -0.25) is 4.79 Å². The molecule has 4 nitrogen and oxygen atoms in total. The number of pyridine rings is 1. The average molecular weight is 281 g/mol. The van der Waals surface area contributed by atoms with Crippen molar-refractivity contribution in [2.75, 3.05) is 0 Å². The fraction of sp³-hybridized carbons (Fsp3) is 0.188. The molecule has 0 N–H and O–H groups in total. The molecule has 5 heteroatoms. The Bertz CT molecular complexity index is 852. The van der Waals surface area contributed by atoms with Gasteiger partial charge in [0.15, 0.2) is 11.4 Å². The van der Waals surface area contributed by atoms with Crippen LogP contribution in [0.1, 0.15) is 28.9 Å².